The average molecular weight is 231 g/mol. The molecule has 1 aromatic carbocycles. The monoisotopic (exact) mass is 231 g/mol. The minimum atomic E-state index is 0.170. The highest BCUT2D eigenvalue weighted by molar-refractivity contribution is 7.99. The van der Waals surface area contributed by atoms with Crippen molar-refractivity contribution in [3.63, 3.8) is 0 Å². The van der Waals surface area contributed by atoms with Gasteiger partial charge in [0.05, 0.1) is 5.03 Å². The van der Waals surface area contributed by atoms with Crippen molar-refractivity contribution in [2.45, 2.75) is 24.9 Å². The second-order valence-corrected chi connectivity index (χ2v) is 5.35. The number of thioether (sulfide) groups is 1. The van der Waals surface area contributed by atoms with E-state index in [0.717, 1.165) is 40.1 Å². The Balaban J connectivity index is 2.40. The SMILES string of the molecule is Cc1ccc2cc3n(c(=O)c2c1)CCCS3. The average Bonchev–Trinajstić information content (AvgIpc) is 2.31. The number of pyridine rings is 1. The van der Waals surface area contributed by atoms with Gasteiger partial charge in [-0.3, -0.25) is 4.79 Å². The molecule has 0 fully saturated rings. The fraction of sp³-hybridized carbons (Fsp3) is 0.308. The molecule has 1 aromatic heterocycles. The molecule has 1 aliphatic rings. The number of hydrogen-bond donors (Lipinski definition) is 0. The van der Waals surface area contributed by atoms with Crippen LogP contribution in [0.25, 0.3) is 10.8 Å². The summed E-state index contributed by atoms with van der Waals surface area (Å²) in [6.45, 7) is 2.89. The molecule has 0 radical (unpaired) electrons. The summed E-state index contributed by atoms with van der Waals surface area (Å²) in [6, 6.07) is 8.23. The van der Waals surface area contributed by atoms with E-state index in [0.29, 0.717) is 0 Å². The van der Waals surface area contributed by atoms with E-state index in [1.807, 2.05) is 23.6 Å². The molecule has 0 saturated heterocycles. The summed E-state index contributed by atoms with van der Waals surface area (Å²) in [5, 5.41) is 3.04. The third kappa shape index (κ3) is 1.47. The molecule has 0 bridgehead atoms. The minimum Gasteiger partial charge on any atom is -0.303 e. The van der Waals surface area contributed by atoms with E-state index in [1.54, 1.807) is 11.8 Å². The van der Waals surface area contributed by atoms with E-state index in [2.05, 4.69) is 12.1 Å². The molecule has 0 N–H and O–H groups in total. The van der Waals surface area contributed by atoms with Crippen LogP contribution in [0, 0.1) is 6.92 Å². The number of aryl methyl sites for hydroxylation is 1. The first-order valence-electron chi connectivity index (χ1n) is 5.53. The van der Waals surface area contributed by atoms with Gasteiger partial charge >= 0.3 is 0 Å². The smallest absolute Gasteiger partial charge is 0.259 e. The second-order valence-electron chi connectivity index (χ2n) is 4.23. The first kappa shape index (κ1) is 9.97. The molecule has 16 heavy (non-hydrogen) atoms. The van der Waals surface area contributed by atoms with Crippen molar-refractivity contribution in [2.24, 2.45) is 0 Å². The first-order valence-corrected chi connectivity index (χ1v) is 6.51. The molecule has 0 aliphatic carbocycles. The lowest BCUT2D eigenvalue weighted by Crippen LogP contribution is -2.24. The van der Waals surface area contributed by atoms with Crippen molar-refractivity contribution < 1.29 is 0 Å². The predicted octanol–water partition coefficient (Wildman–Crippen LogP) is 2.81. The molecule has 0 spiro atoms. The lowest BCUT2D eigenvalue weighted by atomic mass is 10.1. The van der Waals surface area contributed by atoms with Gasteiger partial charge in [-0.2, -0.15) is 0 Å². The fourth-order valence-corrected chi connectivity index (χ4v) is 3.19. The highest BCUT2D eigenvalue weighted by Gasteiger charge is 2.13. The van der Waals surface area contributed by atoms with Crippen molar-refractivity contribution >= 4 is 22.5 Å². The van der Waals surface area contributed by atoms with Crippen LogP contribution in [0.3, 0.4) is 0 Å². The van der Waals surface area contributed by atoms with Crippen LogP contribution in [0.4, 0.5) is 0 Å². The molecular formula is C13H13NOS. The second kappa shape index (κ2) is 3.67. The standard InChI is InChI=1S/C13H13NOS/c1-9-3-4-10-8-12-14(5-2-6-16-12)13(15)11(10)7-9/h3-4,7-8H,2,5-6H2,1H3. The van der Waals surface area contributed by atoms with Crippen molar-refractivity contribution in [2.75, 3.05) is 5.75 Å². The quantitative estimate of drug-likeness (QED) is 0.695. The van der Waals surface area contributed by atoms with Crippen LogP contribution in [0.1, 0.15) is 12.0 Å². The molecule has 3 rings (SSSR count). The van der Waals surface area contributed by atoms with E-state index < -0.39 is 0 Å². The van der Waals surface area contributed by atoms with Crippen LogP contribution in [-0.2, 0) is 6.54 Å². The zero-order valence-corrected chi connectivity index (χ0v) is 10.0. The predicted molar refractivity (Wildman–Crippen MR) is 68.3 cm³/mol. The Morgan fingerprint density at radius 3 is 3.06 bits per heavy atom. The van der Waals surface area contributed by atoms with Gasteiger partial charge in [-0.1, -0.05) is 17.7 Å². The van der Waals surface area contributed by atoms with Crippen LogP contribution in [-0.4, -0.2) is 10.3 Å². The Morgan fingerprint density at radius 1 is 1.31 bits per heavy atom. The zero-order chi connectivity index (χ0) is 11.1. The molecule has 0 unspecified atom stereocenters. The van der Waals surface area contributed by atoms with Gasteiger partial charge in [0.2, 0.25) is 0 Å². The fourth-order valence-electron chi connectivity index (χ4n) is 2.17. The minimum absolute atomic E-state index is 0.170. The Labute approximate surface area is 98.3 Å². The van der Waals surface area contributed by atoms with Crippen LogP contribution in [0.15, 0.2) is 34.1 Å². The first-order chi connectivity index (χ1) is 7.75. The molecule has 0 amide bonds. The number of hydrogen-bond acceptors (Lipinski definition) is 2. The highest BCUT2D eigenvalue weighted by atomic mass is 32.2. The number of rotatable bonds is 0. The van der Waals surface area contributed by atoms with E-state index in [-0.39, 0.29) is 5.56 Å². The normalized spacial score (nSPS) is 15.1. The summed E-state index contributed by atoms with van der Waals surface area (Å²) in [4.78, 5) is 12.3. The van der Waals surface area contributed by atoms with Gasteiger partial charge in [0.15, 0.2) is 0 Å². The molecule has 3 heteroatoms. The van der Waals surface area contributed by atoms with Gasteiger partial charge in [-0.05, 0) is 30.9 Å². The van der Waals surface area contributed by atoms with Crippen LogP contribution in [0.2, 0.25) is 0 Å². The maximum absolute atomic E-state index is 12.3. The maximum atomic E-state index is 12.3. The van der Waals surface area contributed by atoms with Gasteiger partial charge in [0.1, 0.15) is 0 Å². The molecule has 0 atom stereocenters. The summed E-state index contributed by atoms with van der Waals surface area (Å²) >= 11 is 1.78. The van der Waals surface area contributed by atoms with E-state index in [1.165, 1.54) is 0 Å². The molecule has 2 heterocycles. The molecule has 2 aromatic rings. The molecule has 1 aliphatic heterocycles. The lowest BCUT2D eigenvalue weighted by Gasteiger charge is -2.18. The van der Waals surface area contributed by atoms with Crippen molar-refractivity contribution in [1.29, 1.82) is 0 Å². The van der Waals surface area contributed by atoms with Crippen LogP contribution in [0.5, 0.6) is 0 Å². The van der Waals surface area contributed by atoms with Crippen LogP contribution < -0.4 is 5.56 Å². The van der Waals surface area contributed by atoms with E-state index in [4.69, 9.17) is 0 Å². The third-order valence-electron chi connectivity index (χ3n) is 3.01. The summed E-state index contributed by atoms with van der Waals surface area (Å²) in [6.07, 6.45) is 1.09. The summed E-state index contributed by atoms with van der Waals surface area (Å²) in [5.41, 5.74) is 1.32. The summed E-state index contributed by atoms with van der Waals surface area (Å²) < 4.78 is 1.91. The van der Waals surface area contributed by atoms with Gasteiger partial charge in [0, 0.05) is 17.7 Å². The van der Waals surface area contributed by atoms with Gasteiger partial charge < -0.3 is 4.57 Å². The van der Waals surface area contributed by atoms with Gasteiger partial charge in [0.25, 0.3) is 5.56 Å². The Hall–Kier alpha value is -1.22. The van der Waals surface area contributed by atoms with Crippen molar-refractivity contribution in [3.8, 4) is 0 Å². The number of benzene rings is 1. The largest absolute Gasteiger partial charge is 0.303 e. The third-order valence-corrected chi connectivity index (χ3v) is 4.13. The number of fused-ring (bicyclic) bond motifs is 2. The topological polar surface area (TPSA) is 22.0 Å². The highest BCUT2D eigenvalue weighted by Crippen LogP contribution is 2.26. The zero-order valence-electron chi connectivity index (χ0n) is 9.19. The van der Waals surface area contributed by atoms with Crippen LogP contribution >= 0.6 is 11.8 Å². The molecule has 0 saturated carbocycles. The number of aromatic nitrogens is 1. The Morgan fingerprint density at radius 2 is 2.19 bits per heavy atom. The van der Waals surface area contributed by atoms with Crippen molar-refractivity contribution in [1.82, 2.24) is 4.57 Å². The lowest BCUT2D eigenvalue weighted by molar-refractivity contribution is 0.596. The Kier molecular flexibility index (Phi) is 2.28. The van der Waals surface area contributed by atoms with Gasteiger partial charge in [-0.15, -0.1) is 11.8 Å². The van der Waals surface area contributed by atoms with E-state index >= 15 is 0 Å². The molecule has 2 nitrogen and oxygen atoms in total. The Bertz CT molecular complexity index is 615. The summed E-state index contributed by atoms with van der Waals surface area (Å²) in [7, 11) is 0. The van der Waals surface area contributed by atoms with E-state index in [9.17, 15) is 4.79 Å². The summed E-state index contributed by atoms with van der Waals surface area (Å²) in [5.74, 6) is 1.12. The molecular weight excluding hydrogens is 218 g/mol. The number of nitrogens with zero attached hydrogens (tertiary/aromatic N) is 1. The molecule has 82 valence electrons. The maximum Gasteiger partial charge on any atom is 0.259 e. The van der Waals surface area contributed by atoms with Gasteiger partial charge in [-0.25, -0.2) is 0 Å². The van der Waals surface area contributed by atoms with Crippen molar-refractivity contribution in [3.05, 3.63) is 40.2 Å².